The zero-order chi connectivity index (χ0) is 13.5. The molecule has 19 heavy (non-hydrogen) atoms. The molecule has 0 atom stereocenters. The summed E-state index contributed by atoms with van der Waals surface area (Å²) in [7, 11) is 0. The Labute approximate surface area is 115 Å². The fourth-order valence-corrected chi connectivity index (χ4v) is 2.62. The summed E-state index contributed by atoms with van der Waals surface area (Å²) >= 11 is 6.29. The topological polar surface area (TPSA) is 51.8 Å². The van der Waals surface area contributed by atoms with Crippen LogP contribution in [0.5, 0.6) is 0 Å². The smallest absolute Gasteiger partial charge is 0.213 e. The lowest BCUT2D eigenvalue weighted by Gasteiger charge is -2.14. The molecule has 0 aromatic carbocycles. The van der Waals surface area contributed by atoms with Crippen molar-refractivity contribution >= 4 is 11.6 Å². The highest BCUT2D eigenvalue weighted by Crippen LogP contribution is 2.48. The molecule has 0 saturated heterocycles. The fraction of sp³-hybridized carbons (Fsp3) is 0.286. The first-order valence-electron chi connectivity index (χ1n) is 6.13. The van der Waals surface area contributed by atoms with Gasteiger partial charge in [-0.25, -0.2) is 4.98 Å². The van der Waals surface area contributed by atoms with Gasteiger partial charge in [-0.1, -0.05) is 11.6 Å². The van der Waals surface area contributed by atoms with Crippen molar-refractivity contribution in [3.8, 4) is 11.1 Å². The maximum absolute atomic E-state index is 13.1. The number of nitrogens with two attached hydrogens (primary N) is 1. The van der Waals surface area contributed by atoms with Crippen LogP contribution in [0.3, 0.4) is 0 Å². The molecule has 2 N–H and O–H groups in total. The third-order valence-electron chi connectivity index (χ3n) is 3.65. The van der Waals surface area contributed by atoms with E-state index in [1.807, 2.05) is 6.07 Å². The second-order valence-electron chi connectivity index (χ2n) is 4.91. The first-order valence-corrected chi connectivity index (χ1v) is 6.50. The Morgan fingerprint density at radius 3 is 2.63 bits per heavy atom. The average molecular weight is 278 g/mol. The minimum atomic E-state index is -0.515. The van der Waals surface area contributed by atoms with E-state index in [9.17, 15) is 4.39 Å². The van der Waals surface area contributed by atoms with Crippen molar-refractivity contribution in [1.29, 1.82) is 0 Å². The van der Waals surface area contributed by atoms with Crippen molar-refractivity contribution in [3.63, 3.8) is 0 Å². The summed E-state index contributed by atoms with van der Waals surface area (Å²) in [6.07, 6.45) is 5.19. The Morgan fingerprint density at radius 1 is 1.26 bits per heavy atom. The minimum absolute atomic E-state index is 0.0426. The van der Waals surface area contributed by atoms with Crippen molar-refractivity contribution in [2.75, 3.05) is 6.54 Å². The van der Waals surface area contributed by atoms with Crippen molar-refractivity contribution < 1.29 is 4.39 Å². The second-order valence-corrected chi connectivity index (χ2v) is 5.31. The van der Waals surface area contributed by atoms with Gasteiger partial charge in [0.25, 0.3) is 0 Å². The summed E-state index contributed by atoms with van der Waals surface area (Å²) in [6, 6.07) is 4.91. The maximum atomic E-state index is 13.1. The van der Waals surface area contributed by atoms with E-state index in [-0.39, 0.29) is 5.41 Å². The minimum Gasteiger partial charge on any atom is -0.330 e. The fourth-order valence-electron chi connectivity index (χ4n) is 2.26. The molecule has 0 aliphatic heterocycles. The number of halogens is 2. The second kappa shape index (κ2) is 4.54. The van der Waals surface area contributed by atoms with E-state index in [0.29, 0.717) is 17.1 Å². The summed E-state index contributed by atoms with van der Waals surface area (Å²) in [5.74, 6) is -0.515. The van der Waals surface area contributed by atoms with Crippen LogP contribution >= 0.6 is 11.6 Å². The van der Waals surface area contributed by atoms with Gasteiger partial charge in [-0.3, -0.25) is 4.98 Å². The van der Waals surface area contributed by atoms with Gasteiger partial charge in [-0.2, -0.15) is 4.39 Å². The van der Waals surface area contributed by atoms with E-state index in [4.69, 9.17) is 17.3 Å². The SMILES string of the molecule is NCC1(c2ncc(-c3ccnc(F)c3)cc2Cl)CC1. The van der Waals surface area contributed by atoms with Gasteiger partial charge in [0.15, 0.2) is 0 Å². The number of hydrogen-bond donors (Lipinski definition) is 1. The highest BCUT2D eigenvalue weighted by molar-refractivity contribution is 6.31. The van der Waals surface area contributed by atoms with E-state index in [1.165, 1.54) is 12.3 Å². The predicted molar refractivity (Wildman–Crippen MR) is 72.4 cm³/mol. The molecule has 0 bridgehead atoms. The normalized spacial score (nSPS) is 16.4. The molecule has 3 rings (SSSR count). The third kappa shape index (κ3) is 2.22. The molecule has 1 saturated carbocycles. The van der Waals surface area contributed by atoms with E-state index >= 15 is 0 Å². The van der Waals surface area contributed by atoms with Gasteiger partial charge in [0, 0.05) is 36.0 Å². The number of aromatic nitrogens is 2. The van der Waals surface area contributed by atoms with Crippen molar-refractivity contribution in [3.05, 3.63) is 47.3 Å². The van der Waals surface area contributed by atoms with Gasteiger partial charge in [0.2, 0.25) is 5.95 Å². The Morgan fingerprint density at radius 2 is 2.05 bits per heavy atom. The van der Waals surface area contributed by atoms with Crippen LogP contribution in [-0.4, -0.2) is 16.5 Å². The van der Waals surface area contributed by atoms with E-state index in [1.54, 1.807) is 12.3 Å². The maximum Gasteiger partial charge on any atom is 0.213 e. The predicted octanol–water partition coefficient (Wildman–Crippen LogP) is 2.93. The highest BCUT2D eigenvalue weighted by Gasteiger charge is 2.45. The lowest BCUT2D eigenvalue weighted by Crippen LogP contribution is -2.21. The molecule has 5 heteroatoms. The molecule has 2 aromatic heterocycles. The van der Waals surface area contributed by atoms with E-state index in [0.717, 1.165) is 24.1 Å². The quantitative estimate of drug-likeness (QED) is 0.878. The molecular formula is C14H13ClFN3. The van der Waals surface area contributed by atoms with Crippen LogP contribution in [0.4, 0.5) is 4.39 Å². The number of pyridine rings is 2. The molecule has 98 valence electrons. The monoisotopic (exact) mass is 277 g/mol. The number of nitrogens with zero attached hydrogens (tertiary/aromatic N) is 2. The molecule has 3 nitrogen and oxygen atoms in total. The zero-order valence-corrected chi connectivity index (χ0v) is 11.0. The Kier molecular flexibility index (Phi) is 2.99. The van der Waals surface area contributed by atoms with Gasteiger partial charge < -0.3 is 5.73 Å². The lowest BCUT2D eigenvalue weighted by molar-refractivity contribution is 0.584. The molecule has 2 aromatic rings. The summed E-state index contributed by atoms with van der Waals surface area (Å²) in [5, 5.41) is 0.595. The van der Waals surface area contributed by atoms with Gasteiger partial charge in [-0.05, 0) is 30.5 Å². The average Bonchev–Trinajstić information content (AvgIpc) is 3.19. The van der Waals surface area contributed by atoms with Gasteiger partial charge in [0.05, 0.1) is 10.7 Å². The molecule has 1 fully saturated rings. The Bertz CT molecular complexity index is 626. The number of rotatable bonds is 3. The summed E-state index contributed by atoms with van der Waals surface area (Å²) in [4.78, 5) is 7.97. The molecular weight excluding hydrogens is 265 g/mol. The highest BCUT2D eigenvalue weighted by atomic mass is 35.5. The van der Waals surface area contributed by atoms with Crippen molar-refractivity contribution in [2.45, 2.75) is 18.3 Å². The summed E-state index contributed by atoms with van der Waals surface area (Å²) in [6.45, 7) is 0.558. The van der Waals surface area contributed by atoms with E-state index in [2.05, 4.69) is 9.97 Å². The molecule has 1 aliphatic rings. The Hall–Kier alpha value is -1.52. The van der Waals surface area contributed by atoms with Crippen LogP contribution in [0.1, 0.15) is 18.5 Å². The van der Waals surface area contributed by atoms with E-state index < -0.39 is 5.95 Å². The molecule has 0 spiro atoms. The van der Waals surface area contributed by atoms with Gasteiger partial charge >= 0.3 is 0 Å². The van der Waals surface area contributed by atoms with Crippen LogP contribution in [0, 0.1) is 5.95 Å². The lowest BCUT2D eigenvalue weighted by atomic mass is 10.0. The van der Waals surface area contributed by atoms with Crippen LogP contribution in [-0.2, 0) is 5.41 Å². The van der Waals surface area contributed by atoms with Crippen molar-refractivity contribution in [1.82, 2.24) is 9.97 Å². The first-order chi connectivity index (χ1) is 9.14. The molecule has 1 aliphatic carbocycles. The standard InChI is InChI=1S/C14H13ClFN3/c15-11-5-10(9-1-4-18-12(16)6-9)7-19-13(11)14(8-17)2-3-14/h1,4-7H,2-3,8,17H2. The molecule has 0 amide bonds. The van der Waals surface area contributed by atoms with Crippen molar-refractivity contribution in [2.24, 2.45) is 5.73 Å². The van der Waals surface area contributed by atoms with Gasteiger partial charge in [0.1, 0.15) is 0 Å². The first kappa shape index (κ1) is 12.5. The summed E-state index contributed by atoms with van der Waals surface area (Å²) in [5.41, 5.74) is 8.09. The van der Waals surface area contributed by atoms with Gasteiger partial charge in [-0.15, -0.1) is 0 Å². The zero-order valence-electron chi connectivity index (χ0n) is 10.2. The molecule has 0 radical (unpaired) electrons. The third-order valence-corrected chi connectivity index (χ3v) is 3.94. The van der Waals surface area contributed by atoms with Crippen LogP contribution < -0.4 is 5.73 Å². The molecule has 2 heterocycles. The Balaban J connectivity index is 2.00. The van der Waals surface area contributed by atoms with Crippen LogP contribution in [0.25, 0.3) is 11.1 Å². The number of hydrogen-bond acceptors (Lipinski definition) is 3. The summed E-state index contributed by atoms with van der Waals surface area (Å²) < 4.78 is 13.1. The largest absolute Gasteiger partial charge is 0.330 e. The molecule has 0 unspecified atom stereocenters. The van der Waals surface area contributed by atoms with Crippen LogP contribution in [0.15, 0.2) is 30.6 Å². The van der Waals surface area contributed by atoms with Crippen LogP contribution in [0.2, 0.25) is 5.02 Å².